The molecule has 5 heteroatoms. The summed E-state index contributed by atoms with van der Waals surface area (Å²) >= 11 is 0. The largest absolute Gasteiger partial charge is 0.393 e. The number of aliphatic hydroxyl groups is 1. The van der Waals surface area contributed by atoms with E-state index >= 15 is 0 Å². The minimum absolute atomic E-state index is 0.176. The quantitative estimate of drug-likeness (QED) is 0.673. The summed E-state index contributed by atoms with van der Waals surface area (Å²) < 4.78 is 0. The van der Waals surface area contributed by atoms with E-state index in [9.17, 15) is 15.2 Å². The highest BCUT2D eigenvalue weighted by Crippen LogP contribution is 2.32. The summed E-state index contributed by atoms with van der Waals surface area (Å²) in [6, 6.07) is 5.36. The van der Waals surface area contributed by atoms with E-state index < -0.39 is 0 Å². The lowest BCUT2D eigenvalue weighted by Gasteiger charge is -2.34. The average Bonchev–Trinajstić information content (AvgIpc) is 2.38. The van der Waals surface area contributed by atoms with Crippen molar-refractivity contribution in [1.29, 1.82) is 0 Å². The summed E-state index contributed by atoms with van der Waals surface area (Å²) in [5, 5.41) is 20.7. The highest BCUT2D eigenvalue weighted by atomic mass is 16.6. The van der Waals surface area contributed by atoms with Gasteiger partial charge in [0.1, 0.15) is 5.69 Å². The summed E-state index contributed by atoms with van der Waals surface area (Å²) in [4.78, 5) is 12.9. The number of rotatable bonds is 3. The predicted molar refractivity (Wildman–Crippen MR) is 74.5 cm³/mol. The number of nitro groups is 1. The second-order valence-corrected chi connectivity index (χ2v) is 5.31. The lowest BCUT2D eigenvalue weighted by molar-refractivity contribution is -0.384. The van der Waals surface area contributed by atoms with Gasteiger partial charge in [-0.25, -0.2) is 0 Å². The van der Waals surface area contributed by atoms with Crippen molar-refractivity contribution in [3.63, 3.8) is 0 Å². The van der Waals surface area contributed by atoms with Crippen LogP contribution in [-0.2, 0) is 0 Å². The predicted octanol–water partition coefficient (Wildman–Crippen LogP) is 2.50. The number of aliphatic hydroxyl groups excluding tert-OH is 1. The summed E-state index contributed by atoms with van der Waals surface area (Å²) in [5.41, 5.74) is 1.77. The first-order chi connectivity index (χ1) is 8.99. The fourth-order valence-electron chi connectivity index (χ4n) is 2.67. The molecule has 104 valence electrons. The van der Waals surface area contributed by atoms with Crippen LogP contribution in [0.2, 0.25) is 0 Å². The van der Waals surface area contributed by atoms with Crippen LogP contribution in [0.3, 0.4) is 0 Å². The number of hydrogen-bond acceptors (Lipinski definition) is 4. The summed E-state index contributed by atoms with van der Waals surface area (Å²) in [5.74, 6) is 0.306. The molecule has 1 aromatic carbocycles. The first-order valence-corrected chi connectivity index (χ1v) is 6.67. The highest BCUT2D eigenvalue weighted by Gasteiger charge is 2.26. The molecule has 1 heterocycles. The van der Waals surface area contributed by atoms with Crippen LogP contribution in [0.15, 0.2) is 18.2 Å². The van der Waals surface area contributed by atoms with E-state index in [1.54, 1.807) is 6.07 Å². The SMILES string of the molecule is Cc1ccc(N2CCC(C(C)O)CC2)c([N+](=O)[O-])c1. The molecule has 1 aliphatic heterocycles. The molecule has 0 aromatic heterocycles. The molecule has 0 aliphatic carbocycles. The van der Waals surface area contributed by atoms with Crippen molar-refractivity contribution in [3.05, 3.63) is 33.9 Å². The Bertz CT molecular complexity index is 466. The molecular weight excluding hydrogens is 244 g/mol. The van der Waals surface area contributed by atoms with Crippen molar-refractivity contribution >= 4 is 11.4 Å². The lowest BCUT2D eigenvalue weighted by Crippen LogP contribution is -2.37. The highest BCUT2D eigenvalue weighted by molar-refractivity contribution is 5.64. The number of anilines is 1. The zero-order valence-corrected chi connectivity index (χ0v) is 11.4. The molecular formula is C14H20N2O3. The molecule has 1 aliphatic rings. The molecule has 19 heavy (non-hydrogen) atoms. The number of nitro benzene ring substituents is 1. The molecule has 1 saturated heterocycles. The van der Waals surface area contributed by atoms with Crippen LogP contribution >= 0.6 is 0 Å². The van der Waals surface area contributed by atoms with E-state index in [2.05, 4.69) is 4.90 Å². The van der Waals surface area contributed by atoms with Crippen LogP contribution in [0.4, 0.5) is 11.4 Å². The van der Waals surface area contributed by atoms with Gasteiger partial charge in [0.25, 0.3) is 5.69 Å². The Balaban J connectivity index is 2.17. The van der Waals surface area contributed by atoms with E-state index in [0.29, 0.717) is 11.6 Å². The molecule has 1 fully saturated rings. The number of nitrogens with zero attached hydrogens (tertiary/aromatic N) is 2. The van der Waals surface area contributed by atoms with Crippen LogP contribution < -0.4 is 4.90 Å². The van der Waals surface area contributed by atoms with E-state index in [1.807, 2.05) is 26.0 Å². The van der Waals surface area contributed by atoms with Crippen LogP contribution in [0.1, 0.15) is 25.3 Å². The second kappa shape index (κ2) is 5.57. The van der Waals surface area contributed by atoms with E-state index in [4.69, 9.17) is 0 Å². The van der Waals surface area contributed by atoms with E-state index in [1.165, 1.54) is 0 Å². The molecule has 0 spiro atoms. The molecule has 1 unspecified atom stereocenters. The standard InChI is InChI=1S/C14H20N2O3/c1-10-3-4-13(14(9-10)16(18)19)15-7-5-12(6-8-15)11(2)17/h3-4,9,11-12,17H,5-8H2,1-2H3. The van der Waals surface area contributed by atoms with Crippen LogP contribution in [0.25, 0.3) is 0 Å². The summed E-state index contributed by atoms with van der Waals surface area (Å²) in [7, 11) is 0. The Labute approximate surface area is 113 Å². The summed E-state index contributed by atoms with van der Waals surface area (Å²) in [6.07, 6.45) is 1.46. The smallest absolute Gasteiger partial charge is 0.292 e. The number of benzene rings is 1. The number of piperidine rings is 1. The van der Waals surface area contributed by atoms with Gasteiger partial charge >= 0.3 is 0 Å². The second-order valence-electron chi connectivity index (χ2n) is 5.31. The molecule has 2 rings (SSSR count). The third-order valence-corrected chi connectivity index (χ3v) is 3.89. The Hall–Kier alpha value is -1.62. The van der Waals surface area contributed by atoms with Crippen molar-refractivity contribution in [2.75, 3.05) is 18.0 Å². The third kappa shape index (κ3) is 3.04. The fourth-order valence-corrected chi connectivity index (χ4v) is 2.67. The number of aryl methyl sites for hydroxylation is 1. The zero-order valence-electron chi connectivity index (χ0n) is 11.4. The minimum atomic E-state index is -0.316. The fraction of sp³-hybridized carbons (Fsp3) is 0.571. The normalized spacial score (nSPS) is 18.4. The average molecular weight is 264 g/mol. The van der Waals surface area contributed by atoms with Gasteiger partial charge in [-0.05, 0) is 44.2 Å². The molecule has 1 atom stereocenters. The lowest BCUT2D eigenvalue weighted by atomic mass is 9.92. The molecule has 1 N–H and O–H groups in total. The van der Waals surface area contributed by atoms with Crippen molar-refractivity contribution in [3.8, 4) is 0 Å². The van der Waals surface area contributed by atoms with Gasteiger partial charge in [0.15, 0.2) is 0 Å². The Morgan fingerprint density at radius 1 is 1.42 bits per heavy atom. The number of hydrogen-bond donors (Lipinski definition) is 1. The van der Waals surface area contributed by atoms with Gasteiger partial charge in [-0.2, -0.15) is 0 Å². The maximum absolute atomic E-state index is 11.1. The maximum atomic E-state index is 11.1. The van der Waals surface area contributed by atoms with Crippen molar-refractivity contribution in [2.45, 2.75) is 32.8 Å². The minimum Gasteiger partial charge on any atom is -0.393 e. The molecule has 0 saturated carbocycles. The van der Waals surface area contributed by atoms with Gasteiger partial charge in [-0.1, -0.05) is 6.07 Å². The molecule has 5 nitrogen and oxygen atoms in total. The Morgan fingerprint density at radius 3 is 2.58 bits per heavy atom. The monoisotopic (exact) mass is 264 g/mol. The van der Waals surface area contributed by atoms with Crippen LogP contribution in [0, 0.1) is 23.0 Å². The maximum Gasteiger partial charge on any atom is 0.292 e. The van der Waals surface area contributed by atoms with Crippen molar-refractivity contribution in [2.24, 2.45) is 5.92 Å². The van der Waals surface area contributed by atoms with E-state index in [0.717, 1.165) is 31.5 Å². The van der Waals surface area contributed by atoms with Crippen LogP contribution in [0.5, 0.6) is 0 Å². The van der Waals surface area contributed by atoms with Gasteiger partial charge in [-0.3, -0.25) is 10.1 Å². The molecule has 0 radical (unpaired) electrons. The van der Waals surface area contributed by atoms with Gasteiger partial charge < -0.3 is 10.0 Å². The molecule has 0 bridgehead atoms. The molecule has 1 aromatic rings. The first kappa shape index (κ1) is 13.8. The van der Waals surface area contributed by atoms with Gasteiger partial charge in [0.05, 0.1) is 11.0 Å². The first-order valence-electron chi connectivity index (χ1n) is 6.67. The van der Waals surface area contributed by atoms with Gasteiger partial charge in [-0.15, -0.1) is 0 Å². The zero-order chi connectivity index (χ0) is 14.0. The van der Waals surface area contributed by atoms with Gasteiger partial charge in [0, 0.05) is 19.2 Å². The molecule has 0 amide bonds. The topological polar surface area (TPSA) is 66.6 Å². The van der Waals surface area contributed by atoms with Crippen molar-refractivity contribution in [1.82, 2.24) is 0 Å². The van der Waals surface area contributed by atoms with Crippen LogP contribution in [-0.4, -0.2) is 29.2 Å². The third-order valence-electron chi connectivity index (χ3n) is 3.89. The van der Waals surface area contributed by atoms with Gasteiger partial charge in [0.2, 0.25) is 0 Å². The summed E-state index contributed by atoms with van der Waals surface area (Å²) in [6.45, 7) is 5.20. The Kier molecular flexibility index (Phi) is 4.04. The van der Waals surface area contributed by atoms with E-state index in [-0.39, 0.29) is 16.7 Å². The van der Waals surface area contributed by atoms with Crippen molar-refractivity contribution < 1.29 is 10.0 Å². The Morgan fingerprint density at radius 2 is 2.05 bits per heavy atom.